The van der Waals surface area contributed by atoms with Crippen LogP contribution in [0.25, 0.3) is 0 Å². The molecule has 17 heavy (non-hydrogen) atoms. The highest BCUT2D eigenvalue weighted by Crippen LogP contribution is 2.29. The molecule has 0 saturated heterocycles. The summed E-state index contributed by atoms with van der Waals surface area (Å²) >= 11 is 0. The monoisotopic (exact) mass is 231 g/mol. The second kappa shape index (κ2) is 4.49. The third-order valence-corrected chi connectivity index (χ3v) is 2.68. The summed E-state index contributed by atoms with van der Waals surface area (Å²) in [6, 6.07) is 7.85. The molecule has 2 N–H and O–H groups in total. The normalized spacial score (nSPS) is 10.5. The molecule has 2 rings (SSSR count). The predicted molar refractivity (Wildman–Crippen MR) is 68.3 cm³/mol. The molecular weight excluding hydrogens is 214 g/mol. The molecule has 1 aromatic carbocycles. The summed E-state index contributed by atoms with van der Waals surface area (Å²) in [5.41, 5.74) is 8.67. The number of aromatic nitrogens is 2. The molecule has 1 heterocycles. The van der Waals surface area contributed by atoms with E-state index in [1.807, 2.05) is 45.2 Å². The molecule has 0 saturated carbocycles. The van der Waals surface area contributed by atoms with E-state index < -0.39 is 0 Å². The lowest BCUT2D eigenvalue weighted by Gasteiger charge is -2.06. The third kappa shape index (κ3) is 2.25. The van der Waals surface area contributed by atoms with Gasteiger partial charge >= 0.3 is 0 Å². The molecule has 0 amide bonds. The van der Waals surface area contributed by atoms with Crippen molar-refractivity contribution in [2.24, 2.45) is 7.05 Å². The number of ether oxygens (including phenoxy) is 1. The first-order chi connectivity index (χ1) is 8.11. The lowest BCUT2D eigenvalue weighted by atomic mass is 10.2. The number of anilines is 1. The van der Waals surface area contributed by atoms with Crippen molar-refractivity contribution in [3.05, 3.63) is 35.5 Å². The van der Waals surface area contributed by atoms with Gasteiger partial charge in [0.15, 0.2) is 0 Å². The van der Waals surface area contributed by atoms with Crippen LogP contribution in [0.4, 0.5) is 5.69 Å². The van der Waals surface area contributed by atoms with Crippen LogP contribution in [-0.4, -0.2) is 9.78 Å². The second-order valence-corrected chi connectivity index (χ2v) is 4.06. The van der Waals surface area contributed by atoms with Gasteiger partial charge in [-0.2, -0.15) is 5.10 Å². The molecule has 4 nitrogen and oxygen atoms in total. The fourth-order valence-corrected chi connectivity index (χ4v) is 1.68. The minimum atomic E-state index is 0.603. The first-order valence-electron chi connectivity index (χ1n) is 5.67. The summed E-state index contributed by atoms with van der Waals surface area (Å²) in [5, 5.41) is 4.31. The number of nitrogen functional groups attached to an aromatic ring is 1. The van der Waals surface area contributed by atoms with Crippen molar-refractivity contribution < 1.29 is 4.74 Å². The van der Waals surface area contributed by atoms with Crippen molar-refractivity contribution >= 4 is 5.69 Å². The van der Waals surface area contributed by atoms with Crippen molar-refractivity contribution in [3.63, 3.8) is 0 Å². The fourth-order valence-electron chi connectivity index (χ4n) is 1.68. The SMILES string of the molecule is CCc1nn(C)c(Oc2ccc(C)cc2)c1N. The lowest BCUT2D eigenvalue weighted by Crippen LogP contribution is -1.96. The van der Waals surface area contributed by atoms with E-state index in [9.17, 15) is 0 Å². The number of nitrogens with two attached hydrogens (primary N) is 1. The molecule has 0 fully saturated rings. The van der Waals surface area contributed by atoms with Crippen LogP contribution < -0.4 is 10.5 Å². The molecule has 0 unspecified atom stereocenters. The Labute approximate surface area is 101 Å². The van der Waals surface area contributed by atoms with Crippen LogP contribution in [0, 0.1) is 6.92 Å². The number of rotatable bonds is 3. The van der Waals surface area contributed by atoms with Gasteiger partial charge in [-0.25, -0.2) is 4.68 Å². The first-order valence-corrected chi connectivity index (χ1v) is 5.67. The van der Waals surface area contributed by atoms with E-state index in [0.29, 0.717) is 11.6 Å². The van der Waals surface area contributed by atoms with E-state index in [0.717, 1.165) is 17.9 Å². The van der Waals surface area contributed by atoms with Gasteiger partial charge in [-0.15, -0.1) is 0 Å². The summed E-state index contributed by atoms with van der Waals surface area (Å²) in [4.78, 5) is 0. The van der Waals surface area contributed by atoms with Crippen LogP contribution in [0.3, 0.4) is 0 Å². The van der Waals surface area contributed by atoms with Crippen molar-refractivity contribution in [1.82, 2.24) is 9.78 Å². The van der Waals surface area contributed by atoms with E-state index >= 15 is 0 Å². The second-order valence-electron chi connectivity index (χ2n) is 4.06. The van der Waals surface area contributed by atoms with E-state index in [1.54, 1.807) is 4.68 Å². The number of benzene rings is 1. The molecule has 0 aliphatic rings. The number of hydrogen-bond donors (Lipinski definition) is 1. The van der Waals surface area contributed by atoms with Gasteiger partial charge < -0.3 is 10.5 Å². The topological polar surface area (TPSA) is 53.1 Å². The average Bonchev–Trinajstić information content (AvgIpc) is 2.59. The first kappa shape index (κ1) is 11.5. The average molecular weight is 231 g/mol. The van der Waals surface area contributed by atoms with Crippen LogP contribution in [0.1, 0.15) is 18.2 Å². The van der Waals surface area contributed by atoms with Crippen molar-refractivity contribution in [2.75, 3.05) is 5.73 Å². The number of hydrogen-bond acceptors (Lipinski definition) is 3. The van der Waals surface area contributed by atoms with Crippen LogP contribution in [0.2, 0.25) is 0 Å². The fraction of sp³-hybridized carbons (Fsp3) is 0.308. The number of nitrogens with zero attached hydrogens (tertiary/aromatic N) is 2. The highest BCUT2D eigenvalue weighted by molar-refractivity contribution is 5.54. The minimum absolute atomic E-state index is 0.603. The zero-order chi connectivity index (χ0) is 12.4. The molecule has 0 spiro atoms. The van der Waals surface area contributed by atoms with Gasteiger partial charge in [0, 0.05) is 7.05 Å². The van der Waals surface area contributed by atoms with Gasteiger partial charge in [-0.05, 0) is 25.5 Å². The highest BCUT2D eigenvalue weighted by Gasteiger charge is 2.13. The Morgan fingerprint density at radius 2 is 1.94 bits per heavy atom. The Morgan fingerprint density at radius 1 is 1.29 bits per heavy atom. The van der Waals surface area contributed by atoms with Crippen LogP contribution in [0.15, 0.2) is 24.3 Å². The van der Waals surface area contributed by atoms with E-state index in [-0.39, 0.29) is 0 Å². The maximum absolute atomic E-state index is 5.98. The Bertz CT molecular complexity index is 514. The van der Waals surface area contributed by atoms with Crippen molar-refractivity contribution in [2.45, 2.75) is 20.3 Å². The Hall–Kier alpha value is -1.97. The standard InChI is InChI=1S/C13H17N3O/c1-4-11-12(14)13(16(3)15-11)17-10-7-5-9(2)6-8-10/h5-8H,4,14H2,1-3H3. The molecule has 0 bridgehead atoms. The minimum Gasteiger partial charge on any atom is -0.437 e. The maximum Gasteiger partial charge on any atom is 0.241 e. The molecule has 0 radical (unpaired) electrons. The summed E-state index contributed by atoms with van der Waals surface area (Å²) in [5.74, 6) is 1.37. The zero-order valence-electron chi connectivity index (χ0n) is 10.4. The van der Waals surface area contributed by atoms with Crippen molar-refractivity contribution in [3.8, 4) is 11.6 Å². The van der Waals surface area contributed by atoms with Gasteiger partial charge in [0.25, 0.3) is 0 Å². The van der Waals surface area contributed by atoms with E-state index in [4.69, 9.17) is 10.5 Å². The van der Waals surface area contributed by atoms with Crippen LogP contribution >= 0.6 is 0 Å². The Balaban J connectivity index is 2.29. The quantitative estimate of drug-likeness (QED) is 0.883. The van der Waals surface area contributed by atoms with Gasteiger partial charge in [0.05, 0.1) is 5.69 Å². The highest BCUT2D eigenvalue weighted by atomic mass is 16.5. The molecule has 0 aliphatic carbocycles. The maximum atomic E-state index is 5.98. The predicted octanol–water partition coefficient (Wildman–Crippen LogP) is 2.67. The molecule has 1 aromatic heterocycles. The van der Waals surface area contributed by atoms with Crippen LogP contribution in [0.5, 0.6) is 11.6 Å². The summed E-state index contributed by atoms with van der Waals surface area (Å²) in [7, 11) is 1.83. The number of aryl methyl sites for hydroxylation is 3. The van der Waals surface area contributed by atoms with Gasteiger partial charge in [-0.3, -0.25) is 0 Å². The summed E-state index contributed by atoms with van der Waals surface area (Å²) in [6.07, 6.45) is 0.803. The zero-order valence-corrected chi connectivity index (χ0v) is 10.4. The lowest BCUT2D eigenvalue weighted by molar-refractivity contribution is 0.432. The van der Waals surface area contributed by atoms with Crippen LogP contribution in [-0.2, 0) is 13.5 Å². The summed E-state index contributed by atoms with van der Waals surface area (Å²) in [6.45, 7) is 4.06. The van der Waals surface area contributed by atoms with Gasteiger partial charge in [-0.1, -0.05) is 24.6 Å². The molecule has 90 valence electrons. The molecule has 0 atom stereocenters. The molecule has 0 aliphatic heterocycles. The van der Waals surface area contributed by atoms with Gasteiger partial charge in [0.1, 0.15) is 11.4 Å². The van der Waals surface area contributed by atoms with Gasteiger partial charge in [0.2, 0.25) is 5.88 Å². The third-order valence-electron chi connectivity index (χ3n) is 2.68. The largest absolute Gasteiger partial charge is 0.437 e. The molecular formula is C13H17N3O. The smallest absolute Gasteiger partial charge is 0.241 e. The Kier molecular flexibility index (Phi) is 3.04. The Morgan fingerprint density at radius 3 is 2.47 bits per heavy atom. The molecule has 4 heteroatoms. The van der Waals surface area contributed by atoms with E-state index in [1.165, 1.54) is 5.56 Å². The van der Waals surface area contributed by atoms with E-state index in [2.05, 4.69) is 5.10 Å². The van der Waals surface area contributed by atoms with Crippen molar-refractivity contribution in [1.29, 1.82) is 0 Å². The molecule has 2 aromatic rings. The summed E-state index contributed by atoms with van der Waals surface area (Å²) < 4.78 is 7.43.